The molecule has 1 aromatic carbocycles. The molecule has 0 fully saturated rings. The minimum Gasteiger partial charge on any atom is -0.493 e. The Labute approximate surface area is 178 Å². The van der Waals surface area contributed by atoms with Gasteiger partial charge in [-0.05, 0) is 32.1 Å². The van der Waals surface area contributed by atoms with Gasteiger partial charge in [0, 0.05) is 23.9 Å². The number of nitrogens with one attached hydrogen (secondary N) is 1. The summed E-state index contributed by atoms with van der Waals surface area (Å²) in [5.41, 5.74) is 0.623. The van der Waals surface area contributed by atoms with Gasteiger partial charge in [0.1, 0.15) is 5.56 Å². The molecule has 162 valence electrons. The van der Waals surface area contributed by atoms with Crippen LogP contribution < -0.4 is 19.5 Å². The number of nitro groups is 1. The van der Waals surface area contributed by atoms with E-state index in [1.54, 1.807) is 11.3 Å². The lowest BCUT2D eigenvalue weighted by atomic mass is 10.0. The quantitative estimate of drug-likeness (QED) is 0.365. The van der Waals surface area contributed by atoms with Crippen LogP contribution >= 0.6 is 11.3 Å². The number of nitrogens with zero attached hydrogens (tertiary/aromatic N) is 2. The number of carbonyl (C=O) groups is 1. The molecule has 1 aliphatic carbocycles. The lowest BCUT2D eigenvalue weighted by Crippen LogP contribution is -2.26. The monoisotopic (exact) mass is 435 g/mol. The molecule has 2 aromatic rings. The summed E-state index contributed by atoms with van der Waals surface area (Å²) in [5.74, 6) is -0.478. The van der Waals surface area contributed by atoms with Crippen LogP contribution in [0.15, 0.2) is 6.07 Å². The van der Waals surface area contributed by atoms with Gasteiger partial charge in [-0.3, -0.25) is 14.9 Å². The van der Waals surface area contributed by atoms with Gasteiger partial charge in [-0.1, -0.05) is 0 Å². The number of hydrogen-bond donors (Lipinski definition) is 1. The van der Waals surface area contributed by atoms with E-state index >= 15 is 0 Å². The second-order valence-electron chi connectivity index (χ2n) is 6.84. The van der Waals surface area contributed by atoms with Crippen molar-refractivity contribution in [3.8, 4) is 17.2 Å². The zero-order valence-corrected chi connectivity index (χ0v) is 18.1. The normalized spacial score (nSPS) is 12.8. The number of ether oxygens (including phenoxy) is 3. The fourth-order valence-electron chi connectivity index (χ4n) is 3.54. The number of thiazole rings is 1. The number of carbonyl (C=O) groups excluding carboxylic acids is 1. The van der Waals surface area contributed by atoms with Crippen LogP contribution in [0.1, 0.15) is 45.2 Å². The van der Waals surface area contributed by atoms with E-state index in [1.807, 2.05) is 0 Å². The molecular formula is C20H25N3O6S. The van der Waals surface area contributed by atoms with E-state index in [2.05, 4.69) is 5.32 Å². The number of methoxy groups -OCH3 is 3. The van der Waals surface area contributed by atoms with E-state index in [1.165, 1.54) is 50.8 Å². The lowest BCUT2D eigenvalue weighted by molar-refractivity contribution is -0.386. The highest BCUT2D eigenvalue weighted by atomic mass is 32.1. The number of nitro benzene ring substituents is 1. The number of aromatic nitrogens is 1. The average Bonchev–Trinajstić information content (AvgIpc) is 3.17. The maximum atomic E-state index is 12.7. The first kappa shape index (κ1) is 21.8. The first-order valence-electron chi connectivity index (χ1n) is 9.73. The molecule has 1 N–H and O–H groups in total. The first-order chi connectivity index (χ1) is 14.5. The molecule has 3 rings (SSSR count). The van der Waals surface area contributed by atoms with Gasteiger partial charge in [-0.2, -0.15) is 0 Å². The Morgan fingerprint density at radius 2 is 1.93 bits per heavy atom. The maximum absolute atomic E-state index is 12.7. The maximum Gasteiger partial charge on any atom is 0.327 e. The number of benzene rings is 1. The number of amides is 1. The molecule has 0 unspecified atom stereocenters. The van der Waals surface area contributed by atoms with Gasteiger partial charge in [0.05, 0.1) is 37.0 Å². The number of fused-ring (bicyclic) bond motifs is 1. The van der Waals surface area contributed by atoms with Crippen molar-refractivity contribution < 1.29 is 23.9 Å². The Kier molecular flexibility index (Phi) is 7.09. The summed E-state index contributed by atoms with van der Waals surface area (Å²) in [6.07, 6.45) is 6.02. The summed E-state index contributed by atoms with van der Waals surface area (Å²) in [5, 5.41) is 15.5. The minimum atomic E-state index is -0.657. The first-order valence-corrected chi connectivity index (χ1v) is 10.5. The Bertz CT molecular complexity index is 920. The zero-order chi connectivity index (χ0) is 21.7. The van der Waals surface area contributed by atoms with Crippen LogP contribution in [0.3, 0.4) is 0 Å². The molecule has 0 radical (unpaired) electrons. The molecule has 30 heavy (non-hydrogen) atoms. The van der Waals surface area contributed by atoms with Gasteiger partial charge >= 0.3 is 5.69 Å². The Hall–Kier alpha value is -2.88. The average molecular weight is 436 g/mol. The molecule has 1 heterocycles. The summed E-state index contributed by atoms with van der Waals surface area (Å²) in [7, 11) is 4.01. The summed E-state index contributed by atoms with van der Waals surface area (Å²) >= 11 is 1.75. The van der Waals surface area contributed by atoms with Crippen molar-refractivity contribution in [1.29, 1.82) is 0 Å². The van der Waals surface area contributed by atoms with Gasteiger partial charge in [-0.25, -0.2) is 4.98 Å². The largest absolute Gasteiger partial charge is 0.493 e. The predicted molar refractivity (Wildman–Crippen MR) is 112 cm³/mol. The van der Waals surface area contributed by atoms with Crippen LogP contribution in [0.4, 0.5) is 5.69 Å². The molecule has 0 saturated heterocycles. The highest BCUT2D eigenvalue weighted by molar-refractivity contribution is 7.11. The van der Waals surface area contributed by atoms with Crippen molar-refractivity contribution in [2.45, 2.75) is 38.5 Å². The predicted octanol–water partition coefficient (Wildman–Crippen LogP) is 3.32. The molecule has 10 heteroatoms. The Morgan fingerprint density at radius 1 is 1.20 bits per heavy atom. The smallest absolute Gasteiger partial charge is 0.327 e. The van der Waals surface area contributed by atoms with Crippen LogP contribution in [0.2, 0.25) is 0 Å². The molecule has 1 aromatic heterocycles. The second kappa shape index (κ2) is 9.75. The van der Waals surface area contributed by atoms with Crippen LogP contribution in [0.25, 0.3) is 0 Å². The SMILES string of the molecule is COc1cc(C(=O)NCCCc2nc3c(s2)CCCC3)c([N+](=O)[O-])c(OC)c1OC. The molecule has 1 amide bonds. The number of aryl methyl sites for hydroxylation is 3. The summed E-state index contributed by atoms with van der Waals surface area (Å²) < 4.78 is 15.5. The summed E-state index contributed by atoms with van der Waals surface area (Å²) in [6.45, 7) is 0.372. The topological polar surface area (TPSA) is 113 Å². The third kappa shape index (κ3) is 4.48. The van der Waals surface area contributed by atoms with E-state index in [9.17, 15) is 14.9 Å². The van der Waals surface area contributed by atoms with Crippen LogP contribution in [-0.4, -0.2) is 43.7 Å². The molecule has 0 bridgehead atoms. The van der Waals surface area contributed by atoms with Crippen molar-refractivity contribution in [2.24, 2.45) is 0 Å². The van der Waals surface area contributed by atoms with Crippen LogP contribution in [-0.2, 0) is 19.3 Å². The number of rotatable bonds is 9. The van der Waals surface area contributed by atoms with Gasteiger partial charge in [0.2, 0.25) is 11.5 Å². The van der Waals surface area contributed by atoms with E-state index in [0.29, 0.717) is 13.0 Å². The Morgan fingerprint density at radius 3 is 2.57 bits per heavy atom. The molecule has 0 spiro atoms. The van der Waals surface area contributed by atoms with Crippen molar-refractivity contribution in [2.75, 3.05) is 27.9 Å². The molecule has 9 nitrogen and oxygen atoms in total. The standard InChI is InChI=1S/C20H25N3O6S/c1-27-14-11-12(17(23(25)26)19(29-3)18(14)28-2)20(24)21-10-6-9-16-22-13-7-4-5-8-15(13)30-16/h11H,4-10H2,1-3H3,(H,21,24). The minimum absolute atomic E-state index is 0.0657. The van der Waals surface area contributed by atoms with Gasteiger partial charge in [-0.15, -0.1) is 11.3 Å². The van der Waals surface area contributed by atoms with Crippen LogP contribution in [0, 0.1) is 10.1 Å². The van der Waals surface area contributed by atoms with Gasteiger partial charge in [0.25, 0.3) is 5.91 Å². The summed E-state index contributed by atoms with van der Waals surface area (Å²) in [6, 6.07) is 1.30. The second-order valence-corrected chi connectivity index (χ2v) is 8.01. The third-order valence-corrected chi connectivity index (χ3v) is 6.19. The molecule has 0 saturated carbocycles. The van der Waals surface area contributed by atoms with E-state index < -0.39 is 16.5 Å². The lowest BCUT2D eigenvalue weighted by Gasteiger charge is -2.14. The summed E-state index contributed by atoms with van der Waals surface area (Å²) in [4.78, 5) is 29.7. The van der Waals surface area contributed by atoms with Gasteiger partial charge < -0.3 is 19.5 Å². The number of hydrogen-bond acceptors (Lipinski definition) is 8. The Balaban J connectivity index is 1.69. The van der Waals surface area contributed by atoms with Gasteiger partial charge in [0.15, 0.2) is 5.75 Å². The highest BCUT2D eigenvalue weighted by Gasteiger charge is 2.32. The van der Waals surface area contributed by atoms with E-state index in [4.69, 9.17) is 19.2 Å². The van der Waals surface area contributed by atoms with Crippen molar-refractivity contribution in [3.05, 3.63) is 37.3 Å². The van der Waals surface area contributed by atoms with E-state index in [-0.39, 0.29) is 22.8 Å². The fraction of sp³-hybridized carbons (Fsp3) is 0.500. The third-order valence-electron chi connectivity index (χ3n) is 4.97. The zero-order valence-electron chi connectivity index (χ0n) is 17.3. The molecule has 0 aliphatic heterocycles. The van der Waals surface area contributed by atoms with Crippen LogP contribution in [0.5, 0.6) is 17.2 Å². The molecule has 0 atom stereocenters. The highest BCUT2D eigenvalue weighted by Crippen LogP contribution is 2.46. The molecule has 1 aliphatic rings. The van der Waals surface area contributed by atoms with E-state index in [0.717, 1.165) is 24.3 Å². The van der Waals surface area contributed by atoms with Crippen molar-refractivity contribution in [3.63, 3.8) is 0 Å². The molecular weight excluding hydrogens is 410 g/mol. The van der Waals surface area contributed by atoms with Crippen molar-refractivity contribution in [1.82, 2.24) is 10.3 Å². The van der Waals surface area contributed by atoms with Crippen molar-refractivity contribution >= 4 is 22.9 Å². The fourth-order valence-corrected chi connectivity index (χ4v) is 4.74.